The Morgan fingerprint density at radius 3 is 2.26 bits per heavy atom. The van der Waals surface area contributed by atoms with Crippen LogP contribution in [0.5, 0.6) is 5.75 Å². The molecule has 0 fully saturated rings. The molecule has 0 N–H and O–H groups in total. The molecule has 0 radical (unpaired) electrons. The SMILES string of the molecule is Cc1cc(O[C@H](C)c2ccccc2)c2c(-c3ccccc3)cc(=O)oc2c1. The second-order valence-corrected chi connectivity index (χ2v) is 6.65. The normalized spacial score (nSPS) is 12.1. The standard InChI is InChI=1S/C24H20O3/c1-16-13-21(26-17(2)18-9-5-3-6-10-18)24-20(19-11-7-4-8-12-19)15-23(25)27-22(24)14-16/h3-15,17H,1-2H3/t17-/m1/s1. The highest BCUT2D eigenvalue weighted by molar-refractivity contribution is 5.98. The van der Waals surface area contributed by atoms with Crippen molar-refractivity contribution in [2.45, 2.75) is 20.0 Å². The van der Waals surface area contributed by atoms with E-state index in [1.165, 1.54) is 6.07 Å². The van der Waals surface area contributed by atoms with Gasteiger partial charge in [0.1, 0.15) is 17.4 Å². The van der Waals surface area contributed by atoms with Gasteiger partial charge in [0.05, 0.1) is 5.39 Å². The average Bonchev–Trinajstić information content (AvgIpc) is 2.68. The molecule has 134 valence electrons. The van der Waals surface area contributed by atoms with E-state index in [0.29, 0.717) is 11.3 Å². The van der Waals surface area contributed by atoms with Crippen LogP contribution in [0.3, 0.4) is 0 Å². The predicted molar refractivity (Wildman–Crippen MR) is 108 cm³/mol. The first-order valence-corrected chi connectivity index (χ1v) is 8.97. The van der Waals surface area contributed by atoms with E-state index in [1.807, 2.05) is 86.6 Å². The predicted octanol–water partition coefficient (Wildman–Crippen LogP) is 5.91. The molecule has 1 atom stereocenters. The van der Waals surface area contributed by atoms with Crippen molar-refractivity contribution in [3.63, 3.8) is 0 Å². The maximum atomic E-state index is 12.1. The zero-order valence-electron chi connectivity index (χ0n) is 15.3. The molecule has 1 heterocycles. The third-order valence-electron chi connectivity index (χ3n) is 4.61. The molecule has 3 aromatic carbocycles. The highest BCUT2D eigenvalue weighted by Crippen LogP contribution is 2.37. The number of fused-ring (bicyclic) bond motifs is 1. The summed E-state index contributed by atoms with van der Waals surface area (Å²) in [5.41, 5.74) is 4.01. The number of hydrogen-bond donors (Lipinski definition) is 0. The van der Waals surface area contributed by atoms with Crippen molar-refractivity contribution >= 4 is 11.0 Å². The van der Waals surface area contributed by atoms with Crippen LogP contribution >= 0.6 is 0 Å². The van der Waals surface area contributed by atoms with Crippen molar-refractivity contribution in [2.24, 2.45) is 0 Å². The molecule has 0 saturated carbocycles. The van der Waals surface area contributed by atoms with Gasteiger partial charge < -0.3 is 9.15 Å². The fraction of sp³-hybridized carbons (Fsp3) is 0.125. The molecule has 0 aliphatic carbocycles. The Hall–Kier alpha value is -3.33. The number of ether oxygens (including phenoxy) is 1. The van der Waals surface area contributed by atoms with Crippen LogP contribution in [-0.2, 0) is 0 Å². The summed E-state index contributed by atoms with van der Waals surface area (Å²) in [5.74, 6) is 0.712. The first kappa shape index (κ1) is 17.1. The Balaban J connectivity index is 1.91. The summed E-state index contributed by atoms with van der Waals surface area (Å²) in [6.07, 6.45) is -0.133. The van der Waals surface area contributed by atoms with Gasteiger partial charge in [-0.2, -0.15) is 0 Å². The van der Waals surface area contributed by atoms with Crippen LogP contribution in [0.1, 0.15) is 24.2 Å². The fourth-order valence-corrected chi connectivity index (χ4v) is 3.32. The summed E-state index contributed by atoms with van der Waals surface area (Å²) in [5, 5.41) is 0.814. The molecule has 0 bridgehead atoms. The lowest BCUT2D eigenvalue weighted by Gasteiger charge is -2.18. The zero-order chi connectivity index (χ0) is 18.8. The van der Waals surface area contributed by atoms with E-state index >= 15 is 0 Å². The Labute approximate surface area is 157 Å². The Kier molecular flexibility index (Phi) is 4.51. The van der Waals surface area contributed by atoms with E-state index in [1.54, 1.807) is 0 Å². The van der Waals surface area contributed by atoms with Crippen molar-refractivity contribution in [3.05, 3.63) is 100 Å². The summed E-state index contributed by atoms with van der Waals surface area (Å²) >= 11 is 0. The minimum atomic E-state index is -0.367. The molecule has 0 aliphatic heterocycles. The van der Waals surface area contributed by atoms with Crippen molar-refractivity contribution in [2.75, 3.05) is 0 Å². The topological polar surface area (TPSA) is 39.4 Å². The van der Waals surface area contributed by atoms with Crippen LogP contribution in [0.25, 0.3) is 22.1 Å². The van der Waals surface area contributed by atoms with Gasteiger partial charge in [-0.15, -0.1) is 0 Å². The average molecular weight is 356 g/mol. The molecule has 4 aromatic rings. The molecule has 27 heavy (non-hydrogen) atoms. The van der Waals surface area contributed by atoms with E-state index in [-0.39, 0.29) is 11.7 Å². The van der Waals surface area contributed by atoms with Crippen LogP contribution in [0.2, 0.25) is 0 Å². The van der Waals surface area contributed by atoms with Crippen LogP contribution in [0, 0.1) is 6.92 Å². The maximum Gasteiger partial charge on any atom is 0.336 e. The van der Waals surface area contributed by atoms with Crippen molar-refractivity contribution in [1.29, 1.82) is 0 Å². The second-order valence-electron chi connectivity index (χ2n) is 6.65. The third-order valence-corrected chi connectivity index (χ3v) is 4.61. The first-order chi connectivity index (χ1) is 13.1. The van der Waals surface area contributed by atoms with E-state index in [0.717, 1.165) is 27.6 Å². The smallest absolute Gasteiger partial charge is 0.336 e. The van der Waals surface area contributed by atoms with Gasteiger partial charge in [0.15, 0.2) is 0 Å². The minimum Gasteiger partial charge on any atom is -0.485 e. The number of rotatable bonds is 4. The molecular weight excluding hydrogens is 336 g/mol. The van der Waals surface area contributed by atoms with Gasteiger partial charge in [0, 0.05) is 11.6 Å². The first-order valence-electron chi connectivity index (χ1n) is 8.97. The monoisotopic (exact) mass is 356 g/mol. The molecule has 1 aromatic heterocycles. The summed E-state index contributed by atoms with van der Waals surface area (Å²) < 4.78 is 11.8. The van der Waals surface area contributed by atoms with Crippen LogP contribution in [-0.4, -0.2) is 0 Å². The molecule has 4 rings (SSSR count). The lowest BCUT2D eigenvalue weighted by molar-refractivity contribution is 0.229. The van der Waals surface area contributed by atoms with Crippen LogP contribution in [0.4, 0.5) is 0 Å². The van der Waals surface area contributed by atoms with Gasteiger partial charge >= 0.3 is 5.63 Å². The van der Waals surface area contributed by atoms with Crippen LogP contribution < -0.4 is 10.4 Å². The van der Waals surface area contributed by atoms with Gasteiger partial charge in [-0.05, 0) is 42.7 Å². The summed E-state index contributed by atoms with van der Waals surface area (Å²) in [6.45, 7) is 3.99. The third kappa shape index (κ3) is 3.49. The summed E-state index contributed by atoms with van der Waals surface area (Å²) in [7, 11) is 0. The van der Waals surface area contributed by atoms with Crippen LogP contribution in [0.15, 0.2) is 88.1 Å². The summed E-state index contributed by atoms with van der Waals surface area (Å²) in [4.78, 5) is 12.1. The van der Waals surface area contributed by atoms with E-state index < -0.39 is 0 Å². The molecule has 0 aliphatic rings. The largest absolute Gasteiger partial charge is 0.485 e. The Morgan fingerprint density at radius 1 is 0.889 bits per heavy atom. The number of aryl methyl sites for hydroxylation is 1. The van der Waals surface area contributed by atoms with Gasteiger partial charge in [0.25, 0.3) is 0 Å². The molecule has 0 spiro atoms. The van der Waals surface area contributed by atoms with Crippen molar-refractivity contribution in [3.8, 4) is 16.9 Å². The molecule has 0 saturated heterocycles. The molecule has 3 nitrogen and oxygen atoms in total. The van der Waals surface area contributed by atoms with E-state index in [4.69, 9.17) is 9.15 Å². The van der Waals surface area contributed by atoms with Crippen molar-refractivity contribution in [1.82, 2.24) is 0 Å². The fourth-order valence-electron chi connectivity index (χ4n) is 3.32. The van der Waals surface area contributed by atoms with Gasteiger partial charge in [0.2, 0.25) is 0 Å². The quantitative estimate of drug-likeness (QED) is 0.427. The lowest BCUT2D eigenvalue weighted by atomic mass is 10.00. The lowest BCUT2D eigenvalue weighted by Crippen LogP contribution is -2.05. The molecule has 3 heteroatoms. The Bertz CT molecular complexity index is 1130. The highest BCUT2D eigenvalue weighted by Gasteiger charge is 2.16. The van der Waals surface area contributed by atoms with E-state index in [2.05, 4.69) is 0 Å². The Morgan fingerprint density at radius 2 is 1.56 bits per heavy atom. The van der Waals surface area contributed by atoms with Gasteiger partial charge in [-0.3, -0.25) is 0 Å². The van der Waals surface area contributed by atoms with E-state index in [9.17, 15) is 4.79 Å². The molecular formula is C24H20O3. The van der Waals surface area contributed by atoms with Gasteiger partial charge in [-0.1, -0.05) is 60.7 Å². The molecule has 0 unspecified atom stereocenters. The minimum absolute atomic E-state index is 0.133. The number of benzene rings is 3. The van der Waals surface area contributed by atoms with Gasteiger partial charge in [-0.25, -0.2) is 4.79 Å². The molecule has 0 amide bonds. The van der Waals surface area contributed by atoms with Crippen molar-refractivity contribution < 1.29 is 9.15 Å². The second kappa shape index (κ2) is 7.12. The zero-order valence-corrected chi connectivity index (χ0v) is 15.3. The summed E-state index contributed by atoms with van der Waals surface area (Å²) in [6, 6.07) is 25.3. The highest BCUT2D eigenvalue weighted by atomic mass is 16.5. The number of hydrogen-bond acceptors (Lipinski definition) is 3. The maximum absolute atomic E-state index is 12.1.